The van der Waals surface area contributed by atoms with Gasteiger partial charge in [0.2, 0.25) is 5.88 Å². The largest absolute Gasteiger partial charge is 0.493 e. The Labute approximate surface area is 95.6 Å². The summed E-state index contributed by atoms with van der Waals surface area (Å²) in [5, 5.41) is 13.7. The van der Waals surface area contributed by atoms with Crippen LogP contribution in [0.4, 0.5) is 4.39 Å². The highest BCUT2D eigenvalue weighted by molar-refractivity contribution is 5.81. The van der Waals surface area contributed by atoms with Gasteiger partial charge in [0, 0.05) is 11.8 Å². The standard InChI is InChI=1S/C11H10FN3O2/c12-9-4-2-1-3-7(9)5-13-6-8-10(16)14-15-11(8)17/h1-4,6H,5H2,(H3,14,15,16,17). The Kier molecular flexibility index (Phi) is 3.04. The molecule has 0 saturated carbocycles. The number of nitrogens with one attached hydrogen (secondary N) is 2. The molecule has 0 aliphatic rings. The molecule has 0 radical (unpaired) electrons. The van der Waals surface area contributed by atoms with Crippen LogP contribution in [0.5, 0.6) is 5.88 Å². The topological polar surface area (TPSA) is 81.2 Å². The number of H-pyrrole nitrogens is 2. The van der Waals surface area contributed by atoms with E-state index in [0.29, 0.717) is 5.56 Å². The summed E-state index contributed by atoms with van der Waals surface area (Å²) in [6, 6.07) is 6.24. The molecular formula is C11H10FN3O2. The second-order valence-electron chi connectivity index (χ2n) is 3.40. The molecule has 5 nitrogen and oxygen atoms in total. The van der Waals surface area contributed by atoms with Gasteiger partial charge in [0.05, 0.1) is 6.54 Å². The zero-order valence-corrected chi connectivity index (χ0v) is 8.77. The van der Waals surface area contributed by atoms with Gasteiger partial charge in [-0.05, 0) is 6.07 Å². The minimum Gasteiger partial charge on any atom is -0.493 e. The van der Waals surface area contributed by atoms with Crippen LogP contribution in [0.3, 0.4) is 0 Å². The molecule has 0 unspecified atom stereocenters. The maximum Gasteiger partial charge on any atom is 0.276 e. The molecule has 1 heterocycles. The molecule has 6 heteroatoms. The average Bonchev–Trinajstić information content (AvgIpc) is 2.63. The Balaban J connectivity index is 2.14. The number of aromatic nitrogens is 2. The number of hydrogen-bond acceptors (Lipinski definition) is 3. The van der Waals surface area contributed by atoms with Crippen molar-refractivity contribution in [2.24, 2.45) is 4.99 Å². The van der Waals surface area contributed by atoms with Crippen molar-refractivity contribution in [2.75, 3.05) is 0 Å². The molecule has 1 aromatic heterocycles. The second kappa shape index (κ2) is 4.65. The molecule has 3 N–H and O–H groups in total. The third kappa shape index (κ3) is 2.41. The first-order chi connectivity index (χ1) is 8.18. The normalized spacial score (nSPS) is 11.1. The Bertz CT molecular complexity index is 601. The fraction of sp³-hybridized carbons (Fsp3) is 0.0909. The molecule has 0 atom stereocenters. The monoisotopic (exact) mass is 235 g/mol. The molecule has 0 bridgehead atoms. The first-order valence-corrected chi connectivity index (χ1v) is 4.91. The van der Waals surface area contributed by atoms with E-state index < -0.39 is 5.56 Å². The summed E-state index contributed by atoms with van der Waals surface area (Å²) >= 11 is 0. The Morgan fingerprint density at radius 1 is 1.35 bits per heavy atom. The summed E-state index contributed by atoms with van der Waals surface area (Å²) in [7, 11) is 0. The molecule has 1 aromatic carbocycles. The summed E-state index contributed by atoms with van der Waals surface area (Å²) in [6.45, 7) is 0.108. The first-order valence-electron chi connectivity index (χ1n) is 4.91. The number of benzene rings is 1. The highest BCUT2D eigenvalue weighted by Crippen LogP contribution is 2.08. The van der Waals surface area contributed by atoms with E-state index in [2.05, 4.69) is 15.2 Å². The molecule has 88 valence electrons. The molecule has 17 heavy (non-hydrogen) atoms. The summed E-state index contributed by atoms with van der Waals surface area (Å²) in [4.78, 5) is 15.0. The second-order valence-corrected chi connectivity index (χ2v) is 3.40. The zero-order chi connectivity index (χ0) is 12.3. The van der Waals surface area contributed by atoms with Crippen molar-refractivity contribution >= 4 is 6.21 Å². The van der Waals surface area contributed by atoms with E-state index in [-0.39, 0.29) is 23.8 Å². The molecule has 0 amide bonds. The minimum atomic E-state index is -0.472. The predicted molar refractivity (Wildman–Crippen MR) is 60.8 cm³/mol. The molecule has 0 aliphatic carbocycles. The lowest BCUT2D eigenvalue weighted by Crippen LogP contribution is -2.04. The predicted octanol–water partition coefficient (Wildman–Crippen LogP) is 1.17. The lowest BCUT2D eigenvalue weighted by Gasteiger charge is -1.97. The SMILES string of the molecule is O=c1[nH][nH]c(O)c1C=NCc1ccccc1F. The van der Waals surface area contributed by atoms with Crippen LogP contribution in [0.1, 0.15) is 11.1 Å². The maximum atomic E-state index is 13.2. The number of halogens is 1. The average molecular weight is 235 g/mol. The van der Waals surface area contributed by atoms with Gasteiger partial charge in [-0.1, -0.05) is 18.2 Å². The Morgan fingerprint density at radius 2 is 2.12 bits per heavy atom. The van der Waals surface area contributed by atoms with E-state index in [9.17, 15) is 14.3 Å². The van der Waals surface area contributed by atoms with Crippen LogP contribution >= 0.6 is 0 Å². The number of hydrogen-bond donors (Lipinski definition) is 3. The summed E-state index contributed by atoms with van der Waals surface area (Å²) in [5.74, 6) is -0.635. The number of nitrogens with zero attached hydrogens (tertiary/aromatic N) is 1. The van der Waals surface area contributed by atoms with E-state index in [4.69, 9.17) is 0 Å². The van der Waals surface area contributed by atoms with Gasteiger partial charge in [-0.15, -0.1) is 0 Å². The highest BCUT2D eigenvalue weighted by atomic mass is 19.1. The van der Waals surface area contributed by atoms with Crippen LogP contribution < -0.4 is 5.56 Å². The van der Waals surface area contributed by atoms with Gasteiger partial charge in [0.25, 0.3) is 5.56 Å². The summed E-state index contributed by atoms with van der Waals surface area (Å²) in [6.07, 6.45) is 1.21. The zero-order valence-electron chi connectivity index (χ0n) is 8.77. The van der Waals surface area contributed by atoms with Gasteiger partial charge < -0.3 is 5.11 Å². The van der Waals surface area contributed by atoms with E-state index in [1.165, 1.54) is 12.3 Å². The van der Waals surface area contributed by atoms with E-state index in [1.807, 2.05) is 0 Å². The molecule has 0 fully saturated rings. The van der Waals surface area contributed by atoms with Crippen LogP contribution in [-0.4, -0.2) is 21.5 Å². The van der Waals surface area contributed by atoms with Crippen molar-refractivity contribution in [3.63, 3.8) is 0 Å². The van der Waals surface area contributed by atoms with E-state index >= 15 is 0 Å². The van der Waals surface area contributed by atoms with Gasteiger partial charge in [-0.2, -0.15) is 0 Å². The van der Waals surface area contributed by atoms with Gasteiger partial charge in [-0.25, -0.2) is 4.39 Å². The quantitative estimate of drug-likeness (QED) is 0.698. The third-order valence-electron chi connectivity index (χ3n) is 2.23. The van der Waals surface area contributed by atoms with Crippen molar-refractivity contribution in [3.8, 4) is 5.88 Å². The van der Waals surface area contributed by atoms with Gasteiger partial charge in [0.15, 0.2) is 0 Å². The number of aromatic hydroxyl groups is 1. The molecule has 0 spiro atoms. The van der Waals surface area contributed by atoms with Gasteiger partial charge in [0.1, 0.15) is 11.4 Å². The first kappa shape index (κ1) is 11.1. The van der Waals surface area contributed by atoms with Gasteiger partial charge in [-0.3, -0.25) is 20.0 Å². The Hall–Kier alpha value is -2.37. The van der Waals surface area contributed by atoms with Crippen molar-refractivity contribution in [1.82, 2.24) is 10.2 Å². The number of aromatic amines is 2. The molecule has 0 saturated heterocycles. The maximum absolute atomic E-state index is 13.2. The smallest absolute Gasteiger partial charge is 0.276 e. The fourth-order valence-electron chi connectivity index (χ4n) is 1.34. The third-order valence-corrected chi connectivity index (χ3v) is 2.23. The van der Waals surface area contributed by atoms with Crippen molar-refractivity contribution in [3.05, 3.63) is 51.6 Å². The molecular weight excluding hydrogens is 225 g/mol. The van der Waals surface area contributed by atoms with Crippen molar-refractivity contribution < 1.29 is 9.50 Å². The highest BCUT2D eigenvalue weighted by Gasteiger charge is 2.05. The fourth-order valence-corrected chi connectivity index (χ4v) is 1.34. The van der Waals surface area contributed by atoms with Gasteiger partial charge >= 0.3 is 0 Å². The molecule has 0 aliphatic heterocycles. The number of aliphatic imine (C=N–C) groups is 1. The molecule has 2 rings (SSSR count). The Morgan fingerprint density at radius 3 is 2.76 bits per heavy atom. The van der Waals surface area contributed by atoms with Crippen LogP contribution in [0.15, 0.2) is 34.1 Å². The van der Waals surface area contributed by atoms with E-state index in [1.54, 1.807) is 18.2 Å². The van der Waals surface area contributed by atoms with E-state index in [0.717, 1.165) is 0 Å². The van der Waals surface area contributed by atoms with Crippen molar-refractivity contribution in [2.45, 2.75) is 6.54 Å². The lowest BCUT2D eigenvalue weighted by molar-refractivity contribution is 0.451. The van der Waals surface area contributed by atoms with Crippen LogP contribution in [0.2, 0.25) is 0 Å². The number of rotatable bonds is 3. The minimum absolute atomic E-state index is 0.0290. The lowest BCUT2D eigenvalue weighted by atomic mass is 10.2. The van der Waals surface area contributed by atoms with Crippen molar-refractivity contribution in [1.29, 1.82) is 0 Å². The van der Waals surface area contributed by atoms with Crippen LogP contribution in [0.25, 0.3) is 0 Å². The van der Waals surface area contributed by atoms with Crippen LogP contribution in [0, 0.1) is 5.82 Å². The summed E-state index contributed by atoms with van der Waals surface area (Å²) in [5.41, 5.74) is -0.0173. The molecule has 2 aromatic rings. The van der Waals surface area contributed by atoms with Crippen LogP contribution in [-0.2, 0) is 6.54 Å². The summed E-state index contributed by atoms with van der Waals surface area (Å²) < 4.78 is 13.2.